The molecule has 1 aliphatic heterocycles. The van der Waals surface area contributed by atoms with Crippen LogP contribution in [0.5, 0.6) is 0 Å². The molecule has 3 nitrogen and oxygen atoms in total. The van der Waals surface area contributed by atoms with Crippen molar-refractivity contribution in [3.05, 3.63) is 22.3 Å². The molecule has 0 saturated carbocycles. The van der Waals surface area contributed by atoms with Crippen LogP contribution in [-0.4, -0.2) is 31.2 Å². The molecule has 1 N–H and O–H groups in total. The third kappa shape index (κ3) is 4.51. The van der Waals surface area contributed by atoms with E-state index >= 15 is 0 Å². The molecule has 1 unspecified atom stereocenters. The van der Waals surface area contributed by atoms with Gasteiger partial charge in [0.2, 0.25) is 0 Å². The molecule has 0 aromatic carbocycles. The van der Waals surface area contributed by atoms with E-state index in [1.165, 1.54) is 12.8 Å². The van der Waals surface area contributed by atoms with E-state index in [-0.39, 0.29) is 0 Å². The zero-order valence-electron chi connectivity index (χ0n) is 12.2. The first-order valence-corrected chi connectivity index (χ1v) is 8.08. The monoisotopic (exact) mass is 315 g/mol. The predicted molar refractivity (Wildman–Crippen MR) is 86.9 cm³/mol. The van der Waals surface area contributed by atoms with Crippen molar-refractivity contribution in [1.29, 1.82) is 0 Å². The van der Waals surface area contributed by atoms with Crippen molar-refractivity contribution in [3.8, 4) is 0 Å². The number of hydrogen-bond acceptors (Lipinski definition) is 3. The highest BCUT2D eigenvalue weighted by Gasteiger charge is 2.22. The maximum absolute atomic E-state index is 6.25. The average Bonchev–Trinajstić information content (AvgIpc) is 2.38. The summed E-state index contributed by atoms with van der Waals surface area (Å²) < 4.78 is 0. The number of hydrogen-bond donors (Lipinski definition) is 1. The molecule has 0 spiro atoms. The van der Waals surface area contributed by atoms with Crippen LogP contribution in [0.15, 0.2) is 12.3 Å². The maximum atomic E-state index is 6.25. The van der Waals surface area contributed by atoms with Crippen LogP contribution in [0.2, 0.25) is 10.0 Å². The lowest BCUT2D eigenvalue weighted by Crippen LogP contribution is -2.40. The molecule has 2 rings (SSSR count). The predicted octanol–water partition coefficient (Wildman–Crippen LogP) is 3.85. The van der Waals surface area contributed by atoms with Gasteiger partial charge in [0.15, 0.2) is 0 Å². The number of rotatable bonds is 5. The average molecular weight is 316 g/mol. The van der Waals surface area contributed by atoms with Crippen LogP contribution in [0.4, 0.5) is 5.82 Å². The van der Waals surface area contributed by atoms with Gasteiger partial charge in [0.25, 0.3) is 0 Å². The molecule has 0 radical (unpaired) electrons. The zero-order valence-corrected chi connectivity index (χ0v) is 13.7. The molecule has 0 aliphatic carbocycles. The van der Waals surface area contributed by atoms with Crippen molar-refractivity contribution in [3.63, 3.8) is 0 Å². The minimum Gasteiger partial charge on any atom is -0.355 e. The Morgan fingerprint density at radius 1 is 1.45 bits per heavy atom. The highest BCUT2D eigenvalue weighted by atomic mass is 35.5. The molecule has 5 heteroatoms. The van der Waals surface area contributed by atoms with E-state index in [0.717, 1.165) is 32.0 Å². The minimum atomic E-state index is 0.589. The van der Waals surface area contributed by atoms with E-state index in [2.05, 4.69) is 29.0 Å². The van der Waals surface area contributed by atoms with Crippen LogP contribution >= 0.6 is 23.2 Å². The van der Waals surface area contributed by atoms with E-state index in [4.69, 9.17) is 23.2 Å². The highest BCUT2D eigenvalue weighted by Crippen LogP contribution is 2.29. The number of halogens is 2. The second-order valence-corrected chi connectivity index (χ2v) is 6.81. The fourth-order valence-electron chi connectivity index (χ4n) is 2.64. The summed E-state index contributed by atoms with van der Waals surface area (Å²) in [6.45, 7) is 8.65. The van der Waals surface area contributed by atoms with Gasteiger partial charge in [-0.15, -0.1) is 0 Å². The van der Waals surface area contributed by atoms with Crippen molar-refractivity contribution < 1.29 is 0 Å². The van der Waals surface area contributed by atoms with Crippen molar-refractivity contribution in [1.82, 2.24) is 10.3 Å². The third-order valence-corrected chi connectivity index (χ3v) is 4.08. The lowest BCUT2D eigenvalue weighted by atomic mass is 9.98. The summed E-state index contributed by atoms with van der Waals surface area (Å²) in [5.41, 5.74) is 0. The highest BCUT2D eigenvalue weighted by molar-refractivity contribution is 6.36. The first kappa shape index (κ1) is 15.9. The van der Waals surface area contributed by atoms with Gasteiger partial charge in [-0.3, -0.25) is 0 Å². The number of anilines is 1. The van der Waals surface area contributed by atoms with Crippen molar-refractivity contribution in [2.24, 2.45) is 11.8 Å². The molecule has 0 bridgehead atoms. The molecular weight excluding hydrogens is 293 g/mol. The number of nitrogens with zero attached hydrogens (tertiary/aromatic N) is 2. The van der Waals surface area contributed by atoms with E-state index in [1.54, 1.807) is 12.3 Å². The Kier molecular flexibility index (Phi) is 5.94. The standard InChI is InChI=1S/C15H23Cl2N3/c1-11(2)7-18-8-12-4-3-5-20(10-12)15-14(17)6-13(16)9-19-15/h6,9,11-12,18H,3-5,7-8,10H2,1-2H3. The molecule has 0 amide bonds. The molecule has 20 heavy (non-hydrogen) atoms. The van der Waals surface area contributed by atoms with Crippen molar-refractivity contribution >= 4 is 29.0 Å². The van der Waals surface area contributed by atoms with E-state index in [9.17, 15) is 0 Å². The third-order valence-electron chi connectivity index (χ3n) is 3.59. The first-order chi connectivity index (χ1) is 9.56. The number of nitrogens with one attached hydrogen (secondary N) is 1. The van der Waals surface area contributed by atoms with Gasteiger partial charge in [0, 0.05) is 19.3 Å². The number of pyridine rings is 1. The van der Waals surface area contributed by atoms with Gasteiger partial charge < -0.3 is 10.2 Å². The van der Waals surface area contributed by atoms with Gasteiger partial charge in [-0.1, -0.05) is 37.0 Å². The lowest BCUT2D eigenvalue weighted by molar-refractivity contribution is 0.381. The molecule has 1 saturated heterocycles. The molecule has 1 fully saturated rings. The van der Waals surface area contributed by atoms with Crippen LogP contribution in [0.3, 0.4) is 0 Å². The molecule has 1 aliphatic rings. The number of piperidine rings is 1. The Balaban J connectivity index is 1.92. The first-order valence-electron chi connectivity index (χ1n) is 7.33. The minimum absolute atomic E-state index is 0.589. The largest absolute Gasteiger partial charge is 0.355 e. The Morgan fingerprint density at radius 3 is 2.95 bits per heavy atom. The maximum Gasteiger partial charge on any atom is 0.147 e. The van der Waals surface area contributed by atoms with Crippen LogP contribution in [0, 0.1) is 11.8 Å². The molecule has 2 heterocycles. The van der Waals surface area contributed by atoms with Gasteiger partial charge >= 0.3 is 0 Å². The Morgan fingerprint density at radius 2 is 2.25 bits per heavy atom. The summed E-state index contributed by atoms with van der Waals surface area (Å²) >= 11 is 12.2. The fourth-order valence-corrected chi connectivity index (χ4v) is 3.14. The summed E-state index contributed by atoms with van der Waals surface area (Å²) in [6.07, 6.45) is 4.13. The Bertz CT molecular complexity index is 437. The van der Waals surface area contributed by atoms with E-state index < -0.39 is 0 Å². The summed E-state index contributed by atoms with van der Waals surface area (Å²) in [5.74, 6) is 2.22. The quantitative estimate of drug-likeness (QED) is 0.894. The van der Waals surface area contributed by atoms with Crippen molar-refractivity contribution in [2.75, 3.05) is 31.1 Å². The summed E-state index contributed by atoms with van der Waals surface area (Å²) in [4.78, 5) is 6.67. The van der Waals surface area contributed by atoms with Crippen molar-refractivity contribution in [2.45, 2.75) is 26.7 Å². The van der Waals surface area contributed by atoms with Crippen LogP contribution in [0.1, 0.15) is 26.7 Å². The van der Waals surface area contributed by atoms with Crippen LogP contribution in [-0.2, 0) is 0 Å². The molecule has 1 atom stereocenters. The van der Waals surface area contributed by atoms with E-state index in [1.807, 2.05) is 0 Å². The topological polar surface area (TPSA) is 28.2 Å². The van der Waals surface area contributed by atoms with Gasteiger partial charge in [0.05, 0.1) is 10.0 Å². The summed E-state index contributed by atoms with van der Waals surface area (Å²) in [5, 5.41) is 4.78. The zero-order chi connectivity index (χ0) is 14.5. The normalized spacial score (nSPS) is 19.6. The Hall–Kier alpha value is -0.510. The van der Waals surface area contributed by atoms with Gasteiger partial charge in [0.1, 0.15) is 5.82 Å². The second kappa shape index (κ2) is 7.48. The van der Waals surface area contributed by atoms with E-state index in [0.29, 0.717) is 21.9 Å². The van der Waals surface area contributed by atoms with Crippen LogP contribution in [0.25, 0.3) is 0 Å². The molecular formula is C15H23Cl2N3. The van der Waals surface area contributed by atoms with Gasteiger partial charge in [-0.2, -0.15) is 0 Å². The molecule has 1 aromatic heterocycles. The smallest absolute Gasteiger partial charge is 0.147 e. The lowest BCUT2D eigenvalue weighted by Gasteiger charge is -2.34. The number of aromatic nitrogens is 1. The molecule has 1 aromatic rings. The second-order valence-electron chi connectivity index (χ2n) is 5.97. The summed E-state index contributed by atoms with van der Waals surface area (Å²) in [7, 11) is 0. The van der Waals surface area contributed by atoms with Gasteiger partial charge in [-0.05, 0) is 43.8 Å². The van der Waals surface area contributed by atoms with Crippen LogP contribution < -0.4 is 10.2 Å². The molecule has 112 valence electrons. The van der Waals surface area contributed by atoms with Gasteiger partial charge in [-0.25, -0.2) is 4.98 Å². The fraction of sp³-hybridized carbons (Fsp3) is 0.667. The SMILES string of the molecule is CC(C)CNCC1CCCN(c2ncc(Cl)cc2Cl)C1. The summed E-state index contributed by atoms with van der Waals surface area (Å²) in [6, 6.07) is 1.77. The Labute approximate surface area is 131 Å².